The van der Waals surface area contributed by atoms with Crippen LogP contribution in [0.5, 0.6) is 5.88 Å². The van der Waals surface area contributed by atoms with Gasteiger partial charge in [0.2, 0.25) is 5.88 Å². The summed E-state index contributed by atoms with van der Waals surface area (Å²) in [5, 5.41) is 0.730. The molecule has 0 N–H and O–H groups in total. The Morgan fingerprint density at radius 3 is 2.70 bits per heavy atom. The van der Waals surface area contributed by atoms with Crippen molar-refractivity contribution in [3.63, 3.8) is 0 Å². The molecule has 1 heterocycles. The Hall–Kier alpha value is -0.370. The van der Waals surface area contributed by atoms with Crippen molar-refractivity contribution in [3.05, 3.63) is 54.7 Å². The summed E-state index contributed by atoms with van der Waals surface area (Å²) in [7, 11) is 1.62. The molecule has 0 amide bonds. The molecule has 3 nitrogen and oxygen atoms in total. The van der Waals surface area contributed by atoms with Crippen molar-refractivity contribution in [2.24, 2.45) is 0 Å². The van der Waals surface area contributed by atoms with E-state index in [0.717, 1.165) is 31.5 Å². The van der Waals surface area contributed by atoms with Crippen molar-refractivity contribution in [1.82, 2.24) is 4.98 Å². The summed E-state index contributed by atoms with van der Waals surface area (Å²) >= 11 is 11.8. The Balaban J connectivity index is 1.99. The zero-order valence-electron chi connectivity index (χ0n) is 13.0. The second kappa shape index (κ2) is 9.20. The quantitative estimate of drug-likeness (QED) is 0.451. The van der Waals surface area contributed by atoms with Crippen molar-refractivity contribution >= 4 is 50.1 Å². The van der Waals surface area contributed by atoms with E-state index in [0.29, 0.717) is 12.5 Å². The maximum atomic E-state index is 6.08. The predicted octanol–water partition coefficient (Wildman–Crippen LogP) is 5.65. The number of ether oxygens (including phenoxy) is 2. The summed E-state index contributed by atoms with van der Waals surface area (Å²) in [6, 6.07) is 7.78. The van der Waals surface area contributed by atoms with Crippen LogP contribution in [0, 0.1) is 3.57 Å². The lowest BCUT2D eigenvalue weighted by Crippen LogP contribution is -2.15. The van der Waals surface area contributed by atoms with E-state index in [4.69, 9.17) is 21.1 Å². The van der Waals surface area contributed by atoms with Gasteiger partial charge in [0.15, 0.2) is 0 Å². The summed E-state index contributed by atoms with van der Waals surface area (Å²) in [6.45, 7) is 2.67. The molecule has 1 aromatic carbocycles. The minimum Gasteiger partial charge on any atom is -0.481 e. The van der Waals surface area contributed by atoms with E-state index in [1.807, 2.05) is 30.5 Å². The van der Waals surface area contributed by atoms with Gasteiger partial charge in [-0.25, -0.2) is 4.98 Å². The maximum absolute atomic E-state index is 6.08. The van der Waals surface area contributed by atoms with Gasteiger partial charge in [-0.15, -0.1) is 0 Å². The zero-order chi connectivity index (χ0) is 16.8. The van der Waals surface area contributed by atoms with Gasteiger partial charge >= 0.3 is 0 Å². The van der Waals surface area contributed by atoms with Gasteiger partial charge in [0.1, 0.15) is 0 Å². The summed E-state index contributed by atoms with van der Waals surface area (Å²) < 4.78 is 13.3. The number of pyridine rings is 1. The van der Waals surface area contributed by atoms with Gasteiger partial charge < -0.3 is 9.47 Å². The van der Waals surface area contributed by atoms with Crippen LogP contribution in [0.25, 0.3) is 0 Å². The molecule has 2 rings (SSSR count). The summed E-state index contributed by atoms with van der Waals surface area (Å²) in [4.78, 5) is 4.24. The standard InChI is InChI=1S/C17H18BrClINO2/c1-3-14(6-11-4-5-13(19)7-15(11)18)23-10-12-9-21-17(22-2)8-16(12)20/h4-5,7-9,14H,3,6,10H2,1-2H3. The SMILES string of the molecule is CCC(Cc1ccc(Cl)cc1Br)OCc1cnc(OC)cc1I. The molecule has 0 saturated carbocycles. The summed E-state index contributed by atoms with van der Waals surface area (Å²) in [5.41, 5.74) is 2.27. The van der Waals surface area contributed by atoms with Gasteiger partial charge in [-0.2, -0.15) is 0 Å². The van der Waals surface area contributed by atoms with Gasteiger partial charge in [-0.3, -0.25) is 0 Å². The van der Waals surface area contributed by atoms with Crippen LogP contribution in [0.1, 0.15) is 24.5 Å². The van der Waals surface area contributed by atoms with Crippen LogP contribution in [-0.2, 0) is 17.8 Å². The Kier molecular flexibility index (Phi) is 7.59. The molecule has 23 heavy (non-hydrogen) atoms. The third-order valence-electron chi connectivity index (χ3n) is 3.51. The number of nitrogens with zero attached hydrogens (tertiary/aromatic N) is 1. The van der Waals surface area contributed by atoms with Crippen LogP contribution >= 0.6 is 50.1 Å². The number of rotatable bonds is 7. The van der Waals surface area contributed by atoms with E-state index in [9.17, 15) is 0 Å². The number of benzene rings is 1. The molecule has 0 fully saturated rings. The molecule has 1 atom stereocenters. The third kappa shape index (κ3) is 5.59. The van der Waals surface area contributed by atoms with Crippen LogP contribution in [0.3, 0.4) is 0 Å². The largest absolute Gasteiger partial charge is 0.481 e. The number of methoxy groups -OCH3 is 1. The Labute approximate surface area is 164 Å². The van der Waals surface area contributed by atoms with Crippen molar-refractivity contribution in [2.75, 3.05) is 7.11 Å². The summed E-state index contributed by atoms with van der Waals surface area (Å²) in [5.74, 6) is 0.621. The van der Waals surface area contributed by atoms with Crippen LogP contribution in [0.15, 0.2) is 34.9 Å². The molecule has 0 bridgehead atoms. The third-order valence-corrected chi connectivity index (χ3v) is 5.48. The molecule has 0 saturated heterocycles. The molecule has 6 heteroatoms. The minimum atomic E-state index is 0.144. The van der Waals surface area contributed by atoms with Crippen molar-refractivity contribution in [3.8, 4) is 5.88 Å². The first-order valence-electron chi connectivity index (χ1n) is 7.27. The number of hydrogen-bond donors (Lipinski definition) is 0. The van der Waals surface area contributed by atoms with E-state index in [2.05, 4.69) is 50.4 Å². The highest BCUT2D eigenvalue weighted by atomic mass is 127. The fourth-order valence-electron chi connectivity index (χ4n) is 2.12. The molecule has 1 aromatic heterocycles. The second-order valence-electron chi connectivity index (χ2n) is 5.10. The summed E-state index contributed by atoms with van der Waals surface area (Å²) in [6.07, 6.45) is 3.74. The molecule has 1 unspecified atom stereocenters. The fraction of sp³-hybridized carbons (Fsp3) is 0.353. The Bertz CT molecular complexity index is 669. The van der Waals surface area contributed by atoms with Gasteiger partial charge in [0, 0.05) is 30.9 Å². The van der Waals surface area contributed by atoms with E-state index >= 15 is 0 Å². The first-order valence-corrected chi connectivity index (χ1v) is 9.52. The first kappa shape index (κ1) is 19.0. The average Bonchev–Trinajstić information content (AvgIpc) is 2.54. The van der Waals surface area contributed by atoms with Gasteiger partial charge in [-0.05, 0) is 53.1 Å². The van der Waals surface area contributed by atoms with E-state index in [1.165, 1.54) is 5.56 Å². The monoisotopic (exact) mass is 509 g/mol. The van der Waals surface area contributed by atoms with E-state index in [-0.39, 0.29) is 6.10 Å². The zero-order valence-corrected chi connectivity index (χ0v) is 17.5. The molecule has 0 aliphatic rings. The topological polar surface area (TPSA) is 31.4 Å². The molecular formula is C17H18BrClINO2. The Morgan fingerprint density at radius 2 is 2.09 bits per heavy atom. The smallest absolute Gasteiger partial charge is 0.213 e. The maximum Gasteiger partial charge on any atom is 0.213 e. The molecule has 0 radical (unpaired) electrons. The highest BCUT2D eigenvalue weighted by molar-refractivity contribution is 14.1. The number of halogens is 3. The molecular weight excluding hydrogens is 492 g/mol. The molecule has 0 aliphatic carbocycles. The van der Waals surface area contributed by atoms with Crippen LogP contribution in [-0.4, -0.2) is 18.2 Å². The highest BCUT2D eigenvalue weighted by Gasteiger charge is 2.12. The van der Waals surface area contributed by atoms with Crippen LogP contribution in [0.2, 0.25) is 5.02 Å². The lowest BCUT2D eigenvalue weighted by molar-refractivity contribution is 0.0379. The predicted molar refractivity (Wildman–Crippen MR) is 105 cm³/mol. The normalized spacial score (nSPS) is 12.2. The average molecular weight is 511 g/mol. The minimum absolute atomic E-state index is 0.144. The van der Waals surface area contributed by atoms with Crippen LogP contribution < -0.4 is 4.74 Å². The van der Waals surface area contributed by atoms with Crippen molar-refractivity contribution < 1.29 is 9.47 Å². The van der Waals surface area contributed by atoms with Crippen molar-refractivity contribution in [1.29, 1.82) is 0 Å². The molecule has 0 spiro atoms. The molecule has 0 aliphatic heterocycles. The van der Waals surface area contributed by atoms with Crippen LogP contribution in [0.4, 0.5) is 0 Å². The number of hydrogen-bond acceptors (Lipinski definition) is 3. The van der Waals surface area contributed by atoms with Gasteiger partial charge in [0.05, 0.1) is 19.8 Å². The first-order chi connectivity index (χ1) is 11.0. The van der Waals surface area contributed by atoms with Gasteiger partial charge in [-0.1, -0.05) is 40.5 Å². The lowest BCUT2D eigenvalue weighted by Gasteiger charge is -2.18. The van der Waals surface area contributed by atoms with Gasteiger partial charge in [0.25, 0.3) is 0 Å². The highest BCUT2D eigenvalue weighted by Crippen LogP contribution is 2.25. The second-order valence-corrected chi connectivity index (χ2v) is 7.55. The molecule has 2 aromatic rings. The van der Waals surface area contributed by atoms with E-state index in [1.54, 1.807) is 7.11 Å². The van der Waals surface area contributed by atoms with Crippen molar-refractivity contribution in [2.45, 2.75) is 32.5 Å². The number of aromatic nitrogens is 1. The van der Waals surface area contributed by atoms with E-state index < -0.39 is 0 Å². The molecule has 124 valence electrons. The fourth-order valence-corrected chi connectivity index (χ4v) is 3.53. The Morgan fingerprint density at radius 1 is 1.30 bits per heavy atom. The lowest BCUT2D eigenvalue weighted by atomic mass is 10.1.